The standard InChI is InChI=1S/C21H27N/c1-3-11-19(12-4-1)21-15-6-5-13-20(21)14-7-10-18-22-16-8-2-9-17-22/h1,3-6,11-13,15H,2,7-10,14,16-18H2. The van der Waals surface area contributed by atoms with Crippen molar-refractivity contribution in [2.75, 3.05) is 19.6 Å². The lowest BCUT2D eigenvalue weighted by Gasteiger charge is -2.26. The Kier molecular flexibility index (Phi) is 5.66. The first-order valence-corrected chi connectivity index (χ1v) is 8.79. The molecule has 1 heteroatoms. The van der Waals surface area contributed by atoms with E-state index < -0.39 is 0 Å². The molecule has 0 saturated carbocycles. The summed E-state index contributed by atoms with van der Waals surface area (Å²) >= 11 is 0. The lowest BCUT2D eigenvalue weighted by atomic mass is 9.96. The van der Waals surface area contributed by atoms with Gasteiger partial charge in [-0.15, -0.1) is 0 Å². The SMILES string of the molecule is c1ccc(-c2ccccc2CCCCN2CCCCC2)cc1. The zero-order valence-electron chi connectivity index (χ0n) is 13.5. The van der Waals surface area contributed by atoms with Gasteiger partial charge >= 0.3 is 0 Å². The Morgan fingerprint density at radius 3 is 2.27 bits per heavy atom. The first kappa shape index (κ1) is 15.3. The van der Waals surface area contributed by atoms with Crippen molar-refractivity contribution < 1.29 is 0 Å². The maximum atomic E-state index is 2.65. The topological polar surface area (TPSA) is 3.24 Å². The number of rotatable bonds is 6. The monoisotopic (exact) mass is 293 g/mol. The van der Waals surface area contributed by atoms with E-state index in [1.807, 2.05) is 0 Å². The second-order valence-corrected chi connectivity index (χ2v) is 6.38. The highest BCUT2D eigenvalue weighted by atomic mass is 15.1. The third-order valence-electron chi connectivity index (χ3n) is 4.72. The smallest absolute Gasteiger partial charge is 0.00186 e. The molecule has 1 fully saturated rings. The van der Waals surface area contributed by atoms with Gasteiger partial charge in [-0.3, -0.25) is 0 Å². The highest BCUT2D eigenvalue weighted by Crippen LogP contribution is 2.24. The minimum Gasteiger partial charge on any atom is -0.303 e. The van der Waals surface area contributed by atoms with Crippen molar-refractivity contribution in [1.82, 2.24) is 4.90 Å². The van der Waals surface area contributed by atoms with Crippen molar-refractivity contribution in [3.63, 3.8) is 0 Å². The zero-order chi connectivity index (χ0) is 15.0. The number of hydrogen-bond donors (Lipinski definition) is 0. The minimum absolute atomic E-state index is 1.19. The largest absolute Gasteiger partial charge is 0.303 e. The average molecular weight is 293 g/mol. The molecule has 2 aromatic carbocycles. The Hall–Kier alpha value is -1.60. The van der Waals surface area contributed by atoms with Crippen molar-refractivity contribution in [2.45, 2.75) is 38.5 Å². The van der Waals surface area contributed by atoms with Gasteiger partial charge in [-0.1, -0.05) is 61.0 Å². The van der Waals surface area contributed by atoms with Crippen LogP contribution in [0.4, 0.5) is 0 Å². The second kappa shape index (κ2) is 8.14. The zero-order valence-corrected chi connectivity index (χ0v) is 13.5. The van der Waals surface area contributed by atoms with Gasteiger partial charge in [0.25, 0.3) is 0 Å². The van der Waals surface area contributed by atoms with E-state index in [0.717, 1.165) is 0 Å². The number of benzene rings is 2. The Bertz CT molecular complexity index is 555. The van der Waals surface area contributed by atoms with Gasteiger partial charge in [0, 0.05) is 0 Å². The van der Waals surface area contributed by atoms with Gasteiger partial charge in [-0.25, -0.2) is 0 Å². The molecule has 0 amide bonds. The first-order valence-electron chi connectivity index (χ1n) is 8.79. The highest BCUT2D eigenvalue weighted by molar-refractivity contribution is 5.67. The molecule has 0 bridgehead atoms. The van der Waals surface area contributed by atoms with Crippen LogP contribution in [0.1, 0.15) is 37.7 Å². The number of nitrogens with zero attached hydrogens (tertiary/aromatic N) is 1. The predicted molar refractivity (Wildman–Crippen MR) is 95.1 cm³/mol. The summed E-state index contributed by atoms with van der Waals surface area (Å²) in [5, 5.41) is 0. The Balaban J connectivity index is 1.54. The summed E-state index contributed by atoms with van der Waals surface area (Å²) in [6.45, 7) is 3.93. The number of hydrogen-bond acceptors (Lipinski definition) is 1. The molecule has 22 heavy (non-hydrogen) atoms. The van der Waals surface area contributed by atoms with Crippen LogP contribution in [0.25, 0.3) is 11.1 Å². The molecule has 2 aromatic rings. The number of piperidine rings is 1. The third kappa shape index (κ3) is 4.20. The molecular weight excluding hydrogens is 266 g/mol. The molecule has 0 unspecified atom stereocenters. The van der Waals surface area contributed by atoms with Crippen molar-refractivity contribution in [1.29, 1.82) is 0 Å². The first-order chi connectivity index (χ1) is 10.9. The molecule has 0 spiro atoms. The number of aryl methyl sites for hydroxylation is 1. The van der Waals surface area contributed by atoms with Crippen LogP contribution < -0.4 is 0 Å². The van der Waals surface area contributed by atoms with Gasteiger partial charge in [-0.05, 0) is 68.4 Å². The van der Waals surface area contributed by atoms with Gasteiger partial charge in [0.15, 0.2) is 0 Å². The molecule has 116 valence electrons. The summed E-state index contributed by atoms with van der Waals surface area (Å²) in [7, 11) is 0. The Morgan fingerprint density at radius 1 is 0.727 bits per heavy atom. The van der Waals surface area contributed by atoms with E-state index in [9.17, 15) is 0 Å². The van der Waals surface area contributed by atoms with E-state index in [-0.39, 0.29) is 0 Å². The molecule has 1 aliphatic rings. The molecule has 1 saturated heterocycles. The van der Waals surface area contributed by atoms with E-state index >= 15 is 0 Å². The summed E-state index contributed by atoms with van der Waals surface area (Å²) < 4.78 is 0. The fourth-order valence-electron chi connectivity index (χ4n) is 3.47. The van der Waals surface area contributed by atoms with E-state index in [0.29, 0.717) is 0 Å². The van der Waals surface area contributed by atoms with Crippen LogP contribution in [0, 0.1) is 0 Å². The quantitative estimate of drug-likeness (QED) is 0.665. The fourth-order valence-corrected chi connectivity index (χ4v) is 3.47. The average Bonchev–Trinajstić information content (AvgIpc) is 2.61. The van der Waals surface area contributed by atoms with Gasteiger partial charge < -0.3 is 4.90 Å². The van der Waals surface area contributed by atoms with Crippen LogP contribution in [-0.2, 0) is 6.42 Å². The summed E-state index contributed by atoms with van der Waals surface area (Å²) in [6, 6.07) is 19.7. The Morgan fingerprint density at radius 2 is 1.45 bits per heavy atom. The van der Waals surface area contributed by atoms with Crippen LogP contribution in [0.3, 0.4) is 0 Å². The minimum atomic E-state index is 1.19. The van der Waals surface area contributed by atoms with Crippen molar-refractivity contribution >= 4 is 0 Å². The van der Waals surface area contributed by atoms with Crippen LogP contribution in [0.15, 0.2) is 54.6 Å². The molecule has 1 aliphatic heterocycles. The van der Waals surface area contributed by atoms with Crippen LogP contribution in [0.2, 0.25) is 0 Å². The van der Waals surface area contributed by atoms with E-state index in [1.165, 1.54) is 74.8 Å². The van der Waals surface area contributed by atoms with Gasteiger partial charge in [0.2, 0.25) is 0 Å². The molecule has 1 heterocycles. The molecule has 0 aromatic heterocycles. The molecule has 1 nitrogen and oxygen atoms in total. The predicted octanol–water partition coefficient (Wildman–Crippen LogP) is 5.16. The Labute approximate surface area is 135 Å². The van der Waals surface area contributed by atoms with Gasteiger partial charge in [0.05, 0.1) is 0 Å². The fraction of sp³-hybridized carbons (Fsp3) is 0.429. The van der Waals surface area contributed by atoms with E-state index in [4.69, 9.17) is 0 Å². The third-order valence-corrected chi connectivity index (χ3v) is 4.72. The molecule has 0 N–H and O–H groups in total. The van der Waals surface area contributed by atoms with E-state index in [2.05, 4.69) is 59.5 Å². The second-order valence-electron chi connectivity index (χ2n) is 6.38. The van der Waals surface area contributed by atoms with Crippen molar-refractivity contribution in [3.05, 3.63) is 60.2 Å². The molecular formula is C21H27N. The maximum absolute atomic E-state index is 2.65. The van der Waals surface area contributed by atoms with Crippen molar-refractivity contribution in [3.8, 4) is 11.1 Å². The van der Waals surface area contributed by atoms with Crippen LogP contribution in [0.5, 0.6) is 0 Å². The molecule has 0 atom stereocenters. The summed E-state index contributed by atoms with van der Waals surface area (Å²) in [5.41, 5.74) is 4.24. The highest BCUT2D eigenvalue weighted by Gasteiger charge is 2.09. The lowest BCUT2D eigenvalue weighted by molar-refractivity contribution is 0.225. The van der Waals surface area contributed by atoms with Crippen LogP contribution in [-0.4, -0.2) is 24.5 Å². The molecule has 0 aliphatic carbocycles. The van der Waals surface area contributed by atoms with Crippen LogP contribution >= 0.6 is 0 Å². The van der Waals surface area contributed by atoms with Gasteiger partial charge in [-0.2, -0.15) is 0 Å². The van der Waals surface area contributed by atoms with Gasteiger partial charge in [0.1, 0.15) is 0 Å². The number of likely N-dealkylation sites (tertiary alicyclic amines) is 1. The summed E-state index contributed by atoms with van der Waals surface area (Å²) in [4.78, 5) is 2.65. The molecule has 3 rings (SSSR count). The normalized spacial score (nSPS) is 15.8. The van der Waals surface area contributed by atoms with E-state index in [1.54, 1.807) is 0 Å². The summed E-state index contributed by atoms with van der Waals surface area (Å²) in [6.07, 6.45) is 8.04. The summed E-state index contributed by atoms with van der Waals surface area (Å²) in [5.74, 6) is 0. The number of unbranched alkanes of at least 4 members (excludes halogenated alkanes) is 1. The lowest BCUT2D eigenvalue weighted by Crippen LogP contribution is -2.30. The molecule has 0 radical (unpaired) electrons. The maximum Gasteiger partial charge on any atom is -0.00186 e. The van der Waals surface area contributed by atoms with Crippen molar-refractivity contribution in [2.24, 2.45) is 0 Å².